The van der Waals surface area contributed by atoms with Gasteiger partial charge in [-0.3, -0.25) is 9.59 Å². The van der Waals surface area contributed by atoms with Crippen LogP contribution in [0, 0.1) is 0 Å². The molecule has 0 radical (unpaired) electrons. The van der Waals surface area contributed by atoms with Crippen molar-refractivity contribution in [3.63, 3.8) is 0 Å². The van der Waals surface area contributed by atoms with E-state index in [0.29, 0.717) is 6.54 Å². The molecule has 1 aliphatic rings. The summed E-state index contributed by atoms with van der Waals surface area (Å²) in [6, 6.07) is -0.816. The van der Waals surface area contributed by atoms with Gasteiger partial charge in [-0.1, -0.05) is 0 Å². The number of rotatable bonds is 5. The molecule has 1 fully saturated rings. The van der Waals surface area contributed by atoms with E-state index in [9.17, 15) is 19.5 Å². The predicted octanol–water partition coefficient (Wildman–Crippen LogP) is -1.60. The van der Waals surface area contributed by atoms with Crippen LogP contribution in [-0.4, -0.2) is 52.9 Å². The predicted molar refractivity (Wildman–Crippen MR) is 60.8 cm³/mol. The number of carbonyl (C=O) groups is 3. The highest BCUT2D eigenvalue weighted by Gasteiger charge is 2.26. The van der Waals surface area contributed by atoms with Gasteiger partial charge in [0.15, 0.2) is 0 Å². The summed E-state index contributed by atoms with van der Waals surface area (Å²) in [6.07, 6.45) is -0.240. The van der Waals surface area contributed by atoms with Gasteiger partial charge in [0, 0.05) is 19.5 Å². The molecule has 8 nitrogen and oxygen atoms in total. The van der Waals surface area contributed by atoms with Crippen molar-refractivity contribution >= 4 is 17.9 Å². The Morgan fingerprint density at radius 1 is 1.56 bits per heavy atom. The standard InChI is InChI=1S/C10H17N3O5/c1-10(18,3-8(15)16)5-12-9(17)13-6-2-7(14)11-4-6/h6,18H,2-5H2,1H3,(H,11,14)(H,15,16)(H2,12,13,17). The number of amides is 3. The molecular formula is C10H17N3O5. The summed E-state index contributed by atoms with van der Waals surface area (Å²) >= 11 is 0. The average molecular weight is 259 g/mol. The molecule has 3 amide bonds. The van der Waals surface area contributed by atoms with E-state index in [1.54, 1.807) is 0 Å². The molecule has 0 bridgehead atoms. The Hall–Kier alpha value is -1.83. The normalized spacial score (nSPS) is 21.9. The zero-order valence-electron chi connectivity index (χ0n) is 10.0. The van der Waals surface area contributed by atoms with Crippen LogP contribution in [0.15, 0.2) is 0 Å². The minimum atomic E-state index is -1.51. The number of carbonyl (C=O) groups excluding carboxylic acids is 2. The molecule has 2 unspecified atom stereocenters. The first kappa shape index (κ1) is 14.2. The van der Waals surface area contributed by atoms with Crippen LogP contribution in [0.4, 0.5) is 4.79 Å². The van der Waals surface area contributed by atoms with E-state index in [1.165, 1.54) is 6.92 Å². The summed E-state index contributed by atoms with van der Waals surface area (Å²) in [5.74, 6) is -1.27. The van der Waals surface area contributed by atoms with Crippen LogP contribution in [0.3, 0.4) is 0 Å². The summed E-state index contributed by atoms with van der Waals surface area (Å²) in [6.45, 7) is 1.51. The van der Waals surface area contributed by atoms with Gasteiger partial charge in [-0.25, -0.2) is 4.79 Å². The Morgan fingerprint density at radius 2 is 2.22 bits per heavy atom. The molecule has 0 aromatic heterocycles. The third-order valence-corrected chi connectivity index (χ3v) is 2.47. The highest BCUT2D eigenvalue weighted by molar-refractivity contribution is 5.81. The van der Waals surface area contributed by atoms with Gasteiger partial charge in [0.2, 0.25) is 5.91 Å². The van der Waals surface area contributed by atoms with Crippen molar-refractivity contribution in [3.05, 3.63) is 0 Å². The lowest BCUT2D eigenvalue weighted by atomic mass is 10.0. The number of aliphatic carboxylic acids is 1. The van der Waals surface area contributed by atoms with Gasteiger partial charge in [0.1, 0.15) is 0 Å². The molecule has 2 atom stereocenters. The topological polar surface area (TPSA) is 128 Å². The van der Waals surface area contributed by atoms with Crippen molar-refractivity contribution < 1.29 is 24.6 Å². The monoisotopic (exact) mass is 259 g/mol. The van der Waals surface area contributed by atoms with Crippen molar-refractivity contribution in [1.82, 2.24) is 16.0 Å². The minimum Gasteiger partial charge on any atom is -0.481 e. The third kappa shape index (κ3) is 5.00. The van der Waals surface area contributed by atoms with Gasteiger partial charge >= 0.3 is 12.0 Å². The lowest BCUT2D eigenvalue weighted by molar-refractivity contribution is -0.141. The molecule has 1 rings (SSSR count). The summed E-state index contributed by atoms with van der Waals surface area (Å²) in [5, 5.41) is 25.7. The molecule has 8 heteroatoms. The second-order valence-corrected chi connectivity index (χ2v) is 4.60. The molecule has 1 saturated heterocycles. The minimum absolute atomic E-state index is 0.127. The first-order valence-electron chi connectivity index (χ1n) is 5.54. The second-order valence-electron chi connectivity index (χ2n) is 4.60. The van der Waals surface area contributed by atoms with Crippen LogP contribution < -0.4 is 16.0 Å². The van der Waals surface area contributed by atoms with Crippen molar-refractivity contribution in [1.29, 1.82) is 0 Å². The maximum absolute atomic E-state index is 11.4. The van der Waals surface area contributed by atoms with Gasteiger partial charge in [0.25, 0.3) is 0 Å². The van der Waals surface area contributed by atoms with Gasteiger partial charge in [-0.05, 0) is 6.92 Å². The van der Waals surface area contributed by atoms with E-state index >= 15 is 0 Å². The quantitative estimate of drug-likeness (QED) is 0.406. The van der Waals surface area contributed by atoms with Crippen LogP contribution >= 0.6 is 0 Å². The molecule has 1 heterocycles. The molecule has 102 valence electrons. The lowest BCUT2D eigenvalue weighted by Gasteiger charge is -2.22. The van der Waals surface area contributed by atoms with Crippen LogP contribution in [0.25, 0.3) is 0 Å². The van der Waals surface area contributed by atoms with Crippen molar-refractivity contribution in [3.8, 4) is 0 Å². The Morgan fingerprint density at radius 3 is 2.72 bits per heavy atom. The van der Waals surface area contributed by atoms with Crippen molar-refractivity contribution in [2.45, 2.75) is 31.4 Å². The zero-order chi connectivity index (χ0) is 13.8. The first-order chi connectivity index (χ1) is 8.28. The Kier molecular flexibility index (Phi) is 4.49. The lowest BCUT2D eigenvalue weighted by Crippen LogP contribution is -2.48. The molecule has 0 aliphatic carbocycles. The number of nitrogens with one attached hydrogen (secondary N) is 3. The van der Waals surface area contributed by atoms with Gasteiger partial charge in [-0.15, -0.1) is 0 Å². The number of carboxylic acid groups (broad SMARTS) is 1. The summed E-state index contributed by atoms with van der Waals surface area (Å²) in [4.78, 5) is 32.7. The van der Waals surface area contributed by atoms with Crippen molar-refractivity contribution in [2.24, 2.45) is 0 Å². The second kappa shape index (κ2) is 5.67. The van der Waals surface area contributed by atoms with E-state index in [1.807, 2.05) is 0 Å². The van der Waals surface area contributed by atoms with Gasteiger partial charge < -0.3 is 26.2 Å². The average Bonchev–Trinajstić information content (AvgIpc) is 2.59. The fourth-order valence-electron chi connectivity index (χ4n) is 1.60. The number of aliphatic hydroxyl groups is 1. The zero-order valence-corrected chi connectivity index (χ0v) is 10.0. The number of urea groups is 1. The van der Waals surface area contributed by atoms with E-state index in [2.05, 4.69) is 16.0 Å². The Balaban J connectivity index is 2.28. The van der Waals surface area contributed by atoms with Crippen LogP contribution in [0.1, 0.15) is 19.8 Å². The molecule has 1 aliphatic heterocycles. The summed E-state index contributed by atoms with van der Waals surface area (Å²) in [5.41, 5.74) is -1.51. The fraction of sp³-hybridized carbons (Fsp3) is 0.700. The Bertz CT molecular complexity index is 355. The van der Waals surface area contributed by atoms with Crippen LogP contribution in [0.5, 0.6) is 0 Å². The van der Waals surface area contributed by atoms with Crippen LogP contribution in [-0.2, 0) is 9.59 Å². The SMILES string of the molecule is CC(O)(CNC(=O)NC1CNC(=O)C1)CC(=O)O. The number of hydrogen-bond acceptors (Lipinski definition) is 4. The van der Waals surface area contributed by atoms with E-state index in [0.717, 1.165) is 0 Å². The smallest absolute Gasteiger partial charge is 0.315 e. The first-order valence-corrected chi connectivity index (χ1v) is 5.54. The van der Waals surface area contributed by atoms with E-state index < -0.39 is 24.0 Å². The fourth-order valence-corrected chi connectivity index (χ4v) is 1.60. The molecule has 0 aromatic rings. The maximum Gasteiger partial charge on any atom is 0.315 e. The van der Waals surface area contributed by atoms with E-state index in [-0.39, 0.29) is 24.9 Å². The molecule has 5 N–H and O–H groups in total. The third-order valence-electron chi connectivity index (χ3n) is 2.47. The molecular weight excluding hydrogens is 242 g/mol. The summed E-state index contributed by atoms with van der Waals surface area (Å²) in [7, 11) is 0. The van der Waals surface area contributed by atoms with Gasteiger partial charge in [-0.2, -0.15) is 0 Å². The number of hydrogen-bond donors (Lipinski definition) is 5. The van der Waals surface area contributed by atoms with Gasteiger partial charge in [0.05, 0.1) is 18.1 Å². The van der Waals surface area contributed by atoms with Crippen LogP contribution in [0.2, 0.25) is 0 Å². The molecule has 0 saturated carbocycles. The van der Waals surface area contributed by atoms with Crippen molar-refractivity contribution in [2.75, 3.05) is 13.1 Å². The number of carboxylic acids is 1. The molecule has 18 heavy (non-hydrogen) atoms. The van der Waals surface area contributed by atoms with E-state index in [4.69, 9.17) is 5.11 Å². The molecule has 0 spiro atoms. The summed E-state index contributed by atoms with van der Waals surface area (Å²) < 4.78 is 0. The largest absolute Gasteiger partial charge is 0.481 e. The highest BCUT2D eigenvalue weighted by Crippen LogP contribution is 2.07. The molecule has 0 aromatic carbocycles. The maximum atomic E-state index is 11.4. The Labute approximate surface area is 104 Å². The highest BCUT2D eigenvalue weighted by atomic mass is 16.4.